The van der Waals surface area contributed by atoms with Gasteiger partial charge in [0.1, 0.15) is 0 Å². The molecule has 1 heterocycles. The van der Waals surface area contributed by atoms with Crippen LogP contribution in [0.15, 0.2) is 29.8 Å². The minimum absolute atomic E-state index is 0.751. The summed E-state index contributed by atoms with van der Waals surface area (Å²) in [6.07, 6.45) is 4.55. The van der Waals surface area contributed by atoms with Crippen LogP contribution in [0, 0.1) is 18.3 Å². The molecule has 1 aliphatic rings. The highest BCUT2D eigenvalue weighted by molar-refractivity contribution is 5.51. The summed E-state index contributed by atoms with van der Waals surface area (Å²) >= 11 is 0. The Morgan fingerprint density at radius 1 is 1.44 bits per heavy atom. The van der Waals surface area contributed by atoms with Crippen LogP contribution in [0.4, 0.5) is 5.69 Å². The van der Waals surface area contributed by atoms with E-state index in [0.29, 0.717) is 0 Å². The lowest BCUT2D eigenvalue weighted by molar-refractivity contribution is 0.683. The van der Waals surface area contributed by atoms with E-state index in [2.05, 4.69) is 22.8 Å². The van der Waals surface area contributed by atoms with Crippen molar-refractivity contribution in [2.45, 2.75) is 19.8 Å². The molecular formula is C15H19N3. The summed E-state index contributed by atoms with van der Waals surface area (Å²) in [5, 5.41) is 15.6. The molecular weight excluding hydrogens is 222 g/mol. The van der Waals surface area contributed by atoms with Gasteiger partial charge in [-0.05, 0) is 50.1 Å². The highest BCUT2D eigenvalue weighted by Crippen LogP contribution is 2.15. The highest BCUT2D eigenvalue weighted by Gasteiger charge is 2.03. The van der Waals surface area contributed by atoms with Crippen LogP contribution in [0.25, 0.3) is 0 Å². The van der Waals surface area contributed by atoms with Gasteiger partial charge in [-0.3, -0.25) is 0 Å². The Balaban J connectivity index is 1.85. The van der Waals surface area contributed by atoms with E-state index in [9.17, 15) is 0 Å². The molecule has 0 saturated heterocycles. The molecule has 0 aromatic heterocycles. The number of hydrogen-bond donors (Lipinski definition) is 2. The first-order valence-electron chi connectivity index (χ1n) is 6.43. The van der Waals surface area contributed by atoms with Crippen LogP contribution < -0.4 is 10.6 Å². The second-order valence-corrected chi connectivity index (χ2v) is 4.63. The predicted octanol–water partition coefficient (Wildman–Crippen LogP) is 2.59. The highest BCUT2D eigenvalue weighted by atomic mass is 14.9. The first-order chi connectivity index (χ1) is 8.79. The SMILES string of the molecule is Cc1cc(NCCC2=CCNCC2)ccc1C#N. The zero-order valence-electron chi connectivity index (χ0n) is 10.8. The second-order valence-electron chi connectivity index (χ2n) is 4.63. The molecule has 3 nitrogen and oxygen atoms in total. The van der Waals surface area contributed by atoms with E-state index in [0.717, 1.165) is 49.3 Å². The molecule has 0 atom stereocenters. The first-order valence-corrected chi connectivity index (χ1v) is 6.43. The number of anilines is 1. The van der Waals surface area contributed by atoms with E-state index < -0.39 is 0 Å². The summed E-state index contributed by atoms with van der Waals surface area (Å²) in [6, 6.07) is 8.07. The number of rotatable bonds is 4. The molecule has 1 aromatic carbocycles. The lowest BCUT2D eigenvalue weighted by Crippen LogP contribution is -2.21. The lowest BCUT2D eigenvalue weighted by atomic mass is 10.1. The van der Waals surface area contributed by atoms with E-state index >= 15 is 0 Å². The van der Waals surface area contributed by atoms with Crippen molar-refractivity contribution >= 4 is 5.69 Å². The lowest BCUT2D eigenvalue weighted by Gasteiger charge is -2.14. The molecule has 94 valence electrons. The number of nitrogens with zero attached hydrogens (tertiary/aromatic N) is 1. The van der Waals surface area contributed by atoms with Crippen molar-refractivity contribution in [3.8, 4) is 6.07 Å². The number of nitriles is 1. The second kappa shape index (κ2) is 6.23. The molecule has 2 N–H and O–H groups in total. The van der Waals surface area contributed by atoms with Gasteiger partial charge in [0.2, 0.25) is 0 Å². The van der Waals surface area contributed by atoms with Gasteiger partial charge in [0.15, 0.2) is 0 Å². The smallest absolute Gasteiger partial charge is 0.0994 e. The normalized spacial score (nSPS) is 14.8. The van der Waals surface area contributed by atoms with Crippen LogP contribution in [0.1, 0.15) is 24.0 Å². The standard InChI is InChI=1S/C15H19N3/c1-12-10-15(3-2-14(12)11-16)18-9-6-13-4-7-17-8-5-13/h2-4,10,17-18H,5-9H2,1H3. The Labute approximate surface area is 109 Å². The predicted molar refractivity (Wildman–Crippen MR) is 74.6 cm³/mol. The van der Waals surface area contributed by atoms with E-state index in [1.54, 1.807) is 0 Å². The molecule has 0 spiro atoms. The fraction of sp³-hybridized carbons (Fsp3) is 0.400. The van der Waals surface area contributed by atoms with Gasteiger partial charge in [0.05, 0.1) is 11.6 Å². The number of hydrogen-bond acceptors (Lipinski definition) is 3. The number of nitrogens with one attached hydrogen (secondary N) is 2. The molecule has 18 heavy (non-hydrogen) atoms. The minimum Gasteiger partial charge on any atom is -0.385 e. The quantitative estimate of drug-likeness (QED) is 0.797. The zero-order chi connectivity index (χ0) is 12.8. The van der Waals surface area contributed by atoms with Crippen LogP contribution >= 0.6 is 0 Å². The van der Waals surface area contributed by atoms with E-state index in [1.807, 2.05) is 25.1 Å². The van der Waals surface area contributed by atoms with Gasteiger partial charge in [-0.15, -0.1) is 0 Å². The molecule has 0 radical (unpaired) electrons. The van der Waals surface area contributed by atoms with Gasteiger partial charge in [-0.25, -0.2) is 0 Å². The van der Waals surface area contributed by atoms with Crippen LogP contribution in [0.3, 0.4) is 0 Å². The summed E-state index contributed by atoms with van der Waals surface area (Å²) in [7, 11) is 0. The van der Waals surface area contributed by atoms with Crippen molar-refractivity contribution in [2.24, 2.45) is 0 Å². The Hall–Kier alpha value is -1.79. The molecule has 0 amide bonds. The topological polar surface area (TPSA) is 47.8 Å². The van der Waals surface area contributed by atoms with Crippen molar-refractivity contribution in [1.29, 1.82) is 5.26 Å². The fourth-order valence-corrected chi connectivity index (χ4v) is 2.16. The van der Waals surface area contributed by atoms with Gasteiger partial charge < -0.3 is 10.6 Å². The molecule has 0 unspecified atom stereocenters. The average Bonchev–Trinajstić information content (AvgIpc) is 2.40. The Bertz CT molecular complexity index is 483. The van der Waals surface area contributed by atoms with Crippen LogP contribution in [0.2, 0.25) is 0 Å². The maximum absolute atomic E-state index is 8.87. The number of benzene rings is 1. The Morgan fingerprint density at radius 3 is 3.00 bits per heavy atom. The van der Waals surface area contributed by atoms with Crippen molar-refractivity contribution in [3.05, 3.63) is 41.0 Å². The van der Waals surface area contributed by atoms with Crippen molar-refractivity contribution in [3.63, 3.8) is 0 Å². The van der Waals surface area contributed by atoms with Gasteiger partial charge in [0, 0.05) is 18.8 Å². The average molecular weight is 241 g/mol. The largest absolute Gasteiger partial charge is 0.385 e. The van der Waals surface area contributed by atoms with Crippen molar-refractivity contribution in [1.82, 2.24) is 5.32 Å². The monoisotopic (exact) mass is 241 g/mol. The Morgan fingerprint density at radius 2 is 2.33 bits per heavy atom. The minimum atomic E-state index is 0.751. The van der Waals surface area contributed by atoms with E-state index in [-0.39, 0.29) is 0 Å². The summed E-state index contributed by atoms with van der Waals surface area (Å²) in [4.78, 5) is 0. The van der Waals surface area contributed by atoms with Gasteiger partial charge in [0.25, 0.3) is 0 Å². The van der Waals surface area contributed by atoms with Crippen LogP contribution in [-0.2, 0) is 0 Å². The molecule has 1 aliphatic heterocycles. The maximum Gasteiger partial charge on any atom is 0.0994 e. The number of aryl methyl sites for hydroxylation is 1. The van der Waals surface area contributed by atoms with E-state index in [1.165, 1.54) is 5.57 Å². The van der Waals surface area contributed by atoms with Crippen LogP contribution in [-0.4, -0.2) is 19.6 Å². The van der Waals surface area contributed by atoms with Crippen molar-refractivity contribution in [2.75, 3.05) is 25.0 Å². The summed E-state index contributed by atoms with van der Waals surface area (Å²) < 4.78 is 0. The third kappa shape index (κ3) is 3.35. The molecule has 2 rings (SSSR count). The third-order valence-corrected chi connectivity index (χ3v) is 3.28. The molecule has 0 bridgehead atoms. The van der Waals surface area contributed by atoms with Crippen molar-refractivity contribution < 1.29 is 0 Å². The summed E-state index contributed by atoms with van der Waals surface area (Å²) in [5.41, 5.74) is 4.41. The third-order valence-electron chi connectivity index (χ3n) is 3.28. The molecule has 1 aromatic rings. The first kappa shape index (κ1) is 12.7. The van der Waals surface area contributed by atoms with Gasteiger partial charge in [-0.1, -0.05) is 11.6 Å². The van der Waals surface area contributed by atoms with Gasteiger partial charge >= 0.3 is 0 Å². The molecule has 3 heteroatoms. The fourth-order valence-electron chi connectivity index (χ4n) is 2.16. The molecule has 0 aliphatic carbocycles. The van der Waals surface area contributed by atoms with E-state index in [4.69, 9.17) is 5.26 Å². The van der Waals surface area contributed by atoms with Crippen LogP contribution in [0.5, 0.6) is 0 Å². The zero-order valence-corrected chi connectivity index (χ0v) is 10.8. The molecule has 0 fully saturated rings. The van der Waals surface area contributed by atoms with Gasteiger partial charge in [-0.2, -0.15) is 5.26 Å². The summed E-state index contributed by atoms with van der Waals surface area (Å²) in [5.74, 6) is 0. The summed E-state index contributed by atoms with van der Waals surface area (Å²) in [6.45, 7) is 5.03. The maximum atomic E-state index is 8.87. The molecule has 0 saturated carbocycles. The Kier molecular flexibility index (Phi) is 4.38.